The Morgan fingerprint density at radius 3 is 2.35 bits per heavy atom. The molecule has 1 rings (SSSR count). The van der Waals surface area contributed by atoms with E-state index in [2.05, 4.69) is 5.16 Å². The maximum absolute atomic E-state index is 12.0. The van der Waals surface area contributed by atoms with Gasteiger partial charge < -0.3 is 20.6 Å². The Bertz CT molecular complexity index is 489. The second-order valence-corrected chi connectivity index (χ2v) is 5.39. The molecule has 1 aromatic carbocycles. The van der Waals surface area contributed by atoms with Crippen LogP contribution in [0.5, 0.6) is 0 Å². The first-order valence-electron chi connectivity index (χ1n) is 6.23. The largest absolute Gasteiger partial charge is 0.409 e. The minimum atomic E-state index is -0.355. The van der Waals surface area contributed by atoms with Crippen LogP contribution in [-0.4, -0.2) is 36.2 Å². The van der Waals surface area contributed by atoms with Crippen molar-refractivity contribution < 1.29 is 14.7 Å². The Balaban J connectivity index is 2.72. The van der Waals surface area contributed by atoms with Crippen LogP contribution in [0, 0.1) is 0 Å². The number of nitrogens with zero attached hydrogens (tertiary/aromatic N) is 2. The Morgan fingerprint density at radius 1 is 1.35 bits per heavy atom. The van der Waals surface area contributed by atoms with Crippen LogP contribution in [0.4, 0.5) is 5.69 Å². The number of amidine groups is 1. The van der Waals surface area contributed by atoms with Gasteiger partial charge in [-0.05, 0) is 45.0 Å². The topological polar surface area (TPSA) is 88.2 Å². The first-order valence-corrected chi connectivity index (χ1v) is 6.23. The predicted molar refractivity (Wildman–Crippen MR) is 78.1 cm³/mol. The van der Waals surface area contributed by atoms with Crippen LogP contribution >= 0.6 is 0 Å². The van der Waals surface area contributed by atoms with Crippen LogP contribution in [0.2, 0.25) is 0 Å². The smallest absolute Gasteiger partial charge is 0.252 e. The van der Waals surface area contributed by atoms with Crippen molar-refractivity contribution in [3.63, 3.8) is 0 Å². The van der Waals surface area contributed by atoms with E-state index in [0.29, 0.717) is 11.3 Å². The zero-order chi connectivity index (χ0) is 15.3. The van der Waals surface area contributed by atoms with Gasteiger partial charge in [-0.1, -0.05) is 5.16 Å². The van der Waals surface area contributed by atoms with Crippen molar-refractivity contribution in [2.45, 2.75) is 26.4 Å². The number of benzene rings is 1. The molecule has 0 aliphatic carbocycles. The molecular weight excluding hydrogens is 258 g/mol. The van der Waals surface area contributed by atoms with E-state index in [1.165, 1.54) is 4.90 Å². The first kappa shape index (κ1) is 16.0. The molecular formula is C14H21N3O3. The molecule has 0 heterocycles. The minimum absolute atomic E-state index is 0.0159. The Kier molecular flexibility index (Phi) is 5.10. The number of oxime groups is 1. The highest BCUT2D eigenvalue weighted by Gasteiger charge is 2.16. The fourth-order valence-electron chi connectivity index (χ4n) is 1.43. The highest BCUT2D eigenvalue weighted by Crippen LogP contribution is 2.15. The van der Waals surface area contributed by atoms with Crippen LogP contribution in [0.25, 0.3) is 0 Å². The van der Waals surface area contributed by atoms with E-state index in [1.807, 2.05) is 20.8 Å². The van der Waals surface area contributed by atoms with Gasteiger partial charge in [0.2, 0.25) is 0 Å². The standard InChI is InChI=1S/C14H21N3O3/c1-14(2,3)20-9-12(18)17(4)11-7-5-10(6-8-11)13(15)16-19/h5-8,19H,9H2,1-4H3,(H2,15,16). The molecule has 0 saturated heterocycles. The summed E-state index contributed by atoms with van der Waals surface area (Å²) in [6, 6.07) is 6.81. The van der Waals surface area contributed by atoms with Gasteiger partial charge in [0.15, 0.2) is 5.84 Å². The molecule has 0 radical (unpaired) electrons. The average molecular weight is 279 g/mol. The van der Waals surface area contributed by atoms with Gasteiger partial charge in [-0.2, -0.15) is 0 Å². The Morgan fingerprint density at radius 2 is 1.90 bits per heavy atom. The van der Waals surface area contributed by atoms with Crippen LogP contribution in [0.1, 0.15) is 26.3 Å². The molecule has 0 saturated carbocycles. The van der Waals surface area contributed by atoms with E-state index in [1.54, 1.807) is 31.3 Å². The average Bonchev–Trinajstić information content (AvgIpc) is 2.42. The summed E-state index contributed by atoms with van der Waals surface area (Å²) in [7, 11) is 1.67. The van der Waals surface area contributed by atoms with Crippen molar-refractivity contribution in [3.8, 4) is 0 Å². The van der Waals surface area contributed by atoms with Gasteiger partial charge in [0.05, 0.1) is 5.60 Å². The Hall–Kier alpha value is -2.08. The van der Waals surface area contributed by atoms with Crippen LogP contribution in [-0.2, 0) is 9.53 Å². The van der Waals surface area contributed by atoms with Crippen molar-refractivity contribution in [3.05, 3.63) is 29.8 Å². The van der Waals surface area contributed by atoms with E-state index in [4.69, 9.17) is 15.7 Å². The summed E-state index contributed by atoms with van der Waals surface area (Å²) >= 11 is 0. The van der Waals surface area contributed by atoms with Gasteiger partial charge in [0.25, 0.3) is 5.91 Å². The molecule has 3 N–H and O–H groups in total. The molecule has 6 heteroatoms. The van der Waals surface area contributed by atoms with Crippen molar-refractivity contribution >= 4 is 17.4 Å². The zero-order valence-corrected chi connectivity index (χ0v) is 12.3. The highest BCUT2D eigenvalue weighted by atomic mass is 16.5. The number of carbonyl (C=O) groups is 1. The van der Waals surface area contributed by atoms with Crippen LogP contribution in [0.15, 0.2) is 29.4 Å². The van der Waals surface area contributed by atoms with Crippen molar-refractivity contribution in [1.82, 2.24) is 0 Å². The fourth-order valence-corrected chi connectivity index (χ4v) is 1.43. The number of likely N-dealkylation sites (N-methyl/N-ethyl adjacent to an activating group) is 1. The predicted octanol–water partition coefficient (Wildman–Crippen LogP) is 1.56. The molecule has 1 amide bonds. The number of ether oxygens (including phenoxy) is 1. The number of hydrogen-bond donors (Lipinski definition) is 2. The van der Waals surface area contributed by atoms with Crippen molar-refractivity contribution in [1.29, 1.82) is 0 Å². The quantitative estimate of drug-likeness (QED) is 0.379. The lowest BCUT2D eigenvalue weighted by atomic mass is 10.2. The van der Waals surface area contributed by atoms with E-state index in [9.17, 15) is 4.79 Å². The summed E-state index contributed by atoms with van der Waals surface area (Å²) in [5, 5.41) is 11.5. The summed E-state index contributed by atoms with van der Waals surface area (Å²) < 4.78 is 5.45. The molecule has 0 bridgehead atoms. The molecule has 0 unspecified atom stereocenters. The van der Waals surface area contributed by atoms with E-state index in [-0.39, 0.29) is 24.0 Å². The number of rotatable bonds is 4. The number of anilines is 1. The van der Waals surface area contributed by atoms with Crippen LogP contribution < -0.4 is 10.6 Å². The van der Waals surface area contributed by atoms with Gasteiger partial charge >= 0.3 is 0 Å². The van der Waals surface area contributed by atoms with Gasteiger partial charge in [-0.15, -0.1) is 0 Å². The number of hydrogen-bond acceptors (Lipinski definition) is 4. The second kappa shape index (κ2) is 6.38. The maximum atomic E-state index is 12.0. The molecule has 0 fully saturated rings. The molecule has 110 valence electrons. The third-order valence-corrected chi connectivity index (χ3v) is 2.66. The maximum Gasteiger partial charge on any atom is 0.252 e. The SMILES string of the molecule is CN(C(=O)COC(C)(C)C)c1ccc(/C(N)=N/O)cc1. The lowest BCUT2D eigenvalue weighted by Crippen LogP contribution is -2.33. The summed E-state index contributed by atoms with van der Waals surface area (Å²) in [4.78, 5) is 13.5. The number of nitrogens with two attached hydrogens (primary N) is 1. The molecule has 20 heavy (non-hydrogen) atoms. The normalized spacial score (nSPS) is 12.3. The Labute approximate surface area is 118 Å². The summed E-state index contributed by atoms with van der Waals surface area (Å²) in [5.74, 6) is -0.113. The van der Waals surface area contributed by atoms with Gasteiger partial charge in [0, 0.05) is 18.3 Å². The van der Waals surface area contributed by atoms with E-state index < -0.39 is 0 Å². The monoisotopic (exact) mass is 279 g/mol. The van der Waals surface area contributed by atoms with Crippen molar-refractivity contribution in [2.24, 2.45) is 10.9 Å². The lowest BCUT2D eigenvalue weighted by molar-refractivity contribution is -0.127. The highest BCUT2D eigenvalue weighted by molar-refractivity contribution is 5.98. The fraction of sp³-hybridized carbons (Fsp3) is 0.429. The second-order valence-electron chi connectivity index (χ2n) is 5.39. The lowest BCUT2D eigenvalue weighted by Gasteiger charge is -2.22. The number of carbonyl (C=O) groups excluding carboxylic acids is 1. The zero-order valence-electron chi connectivity index (χ0n) is 12.3. The third kappa shape index (κ3) is 4.55. The van der Waals surface area contributed by atoms with Crippen molar-refractivity contribution in [2.75, 3.05) is 18.6 Å². The van der Waals surface area contributed by atoms with Crippen LogP contribution in [0.3, 0.4) is 0 Å². The molecule has 0 aromatic heterocycles. The van der Waals surface area contributed by atoms with E-state index >= 15 is 0 Å². The van der Waals surface area contributed by atoms with Gasteiger partial charge in [0.1, 0.15) is 6.61 Å². The van der Waals surface area contributed by atoms with Gasteiger partial charge in [-0.3, -0.25) is 4.79 Å². The summed E-state index contributed by atoms with van der Waals surface area (Å²) in [5.41, 5.74) is 6.42. The molecule has 1 aromatic rings. The third-order valence-electron chi connectivity index (χ3n) is 2.66. The van der Waals surface area contributed by atoms with Gasteiger partial charge in [-0.25, -0.2) is 0 Å². The minimum Gasteiger partial charge on any atom is -0.409 e. The molecule has 0 spiro atoms. The van der Waals surface area contributed by atoms with E-state index in [0.717, 1.165) is 0 Å². The molecule has 6 nitrogen and oxygen atoms in total. The molecule has 0 aliphatic heterocycles. The first-order chi connectivity index (χ1) is 9.24. The summed E-state index contributed by atoms with van der Waals surface area (Å²) in [6.07, 6.45) is 0. The molecule has 0 aliphatic rings. The molecule has 0 atom stereocenters. The summed E-state index contributed by atoms with van der Waals surface area (Å²) in [6.45, 7) is 5.70. The number of amides is 1.